The summed E-state index contributed by atoms with van der Waals surface area (Å²) < 4.78 is 8.73. The molecule has 1 N–H and O–H groups in total. The lowest BCUT2D eigenvalue weighted by Crippen LogP contribution is -2.22. The van der Waals surface area contributed by atoms with Crippen LogP contribution in [0.4, 0.5) is 5.69 Å². The second-order valence-corrected chi connectivity index (χ2v) is 9.05. The fourth-order valence-electron chi connectivity index (χ4n) is 4.01. The van der Waals surface area contributed by atoms with E-state index in [0.717, 1.165) is 16.8 Å². The third-order valence-corrected chi connectivity index (χ3v) is 6.64. The molecule has 0 atom stereocenters. The zero-order valence-corrected chi connectivity index (χ0v) is 20.3. The van der Waals surface area contributed by atoms with E-state index in [9.17, 15) is 9.59 Å². The summed E-state index contributed by atoms with van der Waals surface area (Å²) in [6.07, 6.45) is 0. The molecule has 3 aromatic carbocycles. The fourth-order valence-corrected chi connectivity index (χ4v) is 4.75. The van der Waals surface area contributed by atoms with Crippen molar-refractivity contribution in [1.82, 2.24) is 19.2 Å². The first-order valence-corrected chi connectivity index (χ1v) is 12.0. The monoisotopic (exact) mass is 485 g/mol. The van der Waals surface area contributed by atoms with E-state index in [1.807, 2.05) is 66.8 Å². The smallest absolute Gasteiger partial charge is 0.267 e. The number of thioether (sulfide) groups is 1. The van der Waals surface area contributed by atoms with E-state index in [1.54, 1.807) is 29.9 Å². The largest absolute Gasteiger partial charge is 0.495 e. The number of benzene rings is 3. The number of amides is 1. The highest BCUT2D eigenvalue weighted by Crippen LogP contribution is 2.26. The van der Waals surface area contributed by atoms with Gasteiger partial charge in [0, 0.05) is 0 Å². The van der Waals surface area contributed by atoms with Crippen LogP contribution in [0, 0.1) is 13.8 Å². The molecule has 0 aliphatic carbocycles. The number of aryl methyl sites for hydroxylation is 2. The van der Waals surface area contributed by atoms with Crippen LogP contribution in [0.15, 0.2) is 76.7 Å². The van der Waals surface area contributed by atoms with Gasteiger partial charge < -0.3 is 10.1 Å². The lowest BCUT2D eigenvalue weighted by molar-refractivity contribution is -0.113. The molecule has 0 aliphatic heterocycles. The van der Waals surface area contributed by atoms with Crippen molar-refractivity contribution in [3.8, 4) is 11.4 Å². The van der Waals surface area contributed by atoms with Gasteiger partial charge in [0.25, 0.3) is 5.56 Å². The zero-order chi connectivity index (χ0) is 24.5. The SMILES string of the molecule is COc1ccccc1NC(=O)CSc1nnc2n(-c3cc(C)ccc3C)c(=O)c3ccccc3n12. The molecule has 0 unspecified atom stereocenters. The molecule has 176 valence electrons. The molecule has 0 spiro atoms. The first-order chi connectivity index (χ1) is 17.0. The first kappa shape index (κ1) is 22.7. The van der Waals surface area contributed by atoms with Crippen LogP contribution in [-0.4, -0.2) is 37.9 Å². The van der Waals surface area contributed by atoms with Crippen molar-refractivity contribution in [2.45, 2.75) is 19.0 Å². The first-order valence-electron chi connectivity index (χ1n) is 11.0. The summed E-state index contributed by atoms with van der Waals surface area (Å²) in [5.74, 6) is 0.885. The summed E-state index contributed by atoms with van der Waals surface area (Å²) in [5.41, 5.74) is 3.85. The molecule has 0 radical (unpaired) electrons. The van der Waals surface area contributed by atoms with Crippen LogP contribution >= 0.6 is 11.8 Å². The van der Waals surface area contributed by atoms with Crippen LogP contribution in [-0.2, 0) is 4.79 Å². The van der Waals surface area contributed by atoms with Crippen molar-refractivity contribution in [2.24, 2.45) is 0 Å². The van der Waals surface area contributed by atoms with Crippen LogP contribution in [0.5, 0.6) is 5.75 Å². The number of rotatable bonds is 6. The molecule has 35 heavy (non-hydrogen) atoms. The maximum Gasteiger partial charge on any atom is 0.267 e. The number of anilines is 1. The Morgan fingerprint density at radius 2 is 1.80 bits per heavy atom. The van der Waals surface area contributed by atoms with E-state index >= 15 is 0 Å². The van der Waals surface area contributed by atoms with Gasteiger partial charge in [0.2, 0.25) is 11.7 Å². The molecule has 5 aromatic rings. The van der Waals surface area contributed by atoms with Crippen LogP contribution in [0.3, 0.4) is 0 Å². The number of ether oxygens (including phenoxy) is 1. The molecule has 0 saturated heterocycles. The number of hydrogen-bond acceptors (Lipinski definition) is 6. The fraction of sp³-hybridized carbons (Fsp3) is 0.154. The van der Waals surface area contributed by atoms with Crippen molar-refractivity contribution in [3.05, 3.63) is 88.2 Å². The molecular weight excluding hydrogens is 462 g/mol. The molecule has 5 rings (SSSR count). The van der Waals surface area contributed by atoms with Gasteiger partial charge in [0.05, 0.1) is 35.1 Å². The van der Waals surface area contributed by atoms with Crippen LogP contribution in [0.1, 0.15) is 11.1 Å². The summed E-state index contributed by atoms with van der Waals surface area (Å²) in [6, 6.07) is 20.5. The lowest BCUT2D eigenvalue weighted by atomic mass is 10.1. The van der Waals surface area contributed by atoms with Gasteiger partial charge in [0.1, 0.15) is 5.75 Å². The van der Waals surface area contributed by atoms with Crippen LogP contribution in [0.2, 0.25) is 0 Å². The molecule has 0 fully saturated rings. The standard InChI is InChI=1S/C26H23N5O3S/c1-16-12-13-17(2)21(14-16)30-24(33)18-8-4-6-10-20(18)31-25(30)28-29-26(31)35-15-23(32)27-19-9-5-7-11-22(19)34-3/h4-14H,15H2,1-3H3,(H,27,32). The number of carbonyl (C=O) groups excluding carboxylic acids is 1. The third-order valence-electron chi connectivity index (χ3n) is 5.71. The Morgan fingerprint density at radius 1 is 1.03 bits per heavy atom. The van der Waals surface area contributed by atoms with Crippen molar-refractivity contribution >= 4 is 40.0 Å². The van der Waals surface area contributed by atoms with E-state index < -0.39 is 0 Å². The minimum atomic E-state index is -0.205. The van der Waals surface area contributed by atoms with Gasteiger partial charge in [-0.2, -0.15) is 0 Å². The second-order valence-electron chi connectivity index (χ2n) is 8.10. The maximum absolute atomic E-state index is 13.5. The van der Waals surface area contributed by atoms with E-state index in [-0.39, 0.29) is 17.2 Å². The summed E-state index contributed by atoms with van der Waals surface area (Å²) in [6.45, 7) is 3.94. The van der Waals surface area contributed by atoms with Crippen molar-refractivity contribution in [2.75, 3.05) is 18.2 Å². The Labute approximate surface area is 205 Å². The maximum atomic E-state index is 13.5. The second kappa shape index (κ2) is 9.27. The minimum absolute atomic E-state index is 0.107. The number of aromatic nitrogens is 4. The van der Waals surface area contributed by atoms with Gasteiger partial charge in [-0.25, -0.2) is 4.57 Å². The average molecular weight is 486 g/mol. The number of para-hydroxylation sites is 3. The highest BCUT2D eigenvalue weighted by Gasteiger charge is 2.19. The molecule has 8 nitrogen and oxygen atoms in total. The van der Waals surface area contributed by atoms with Crippen molar-refractivity contribution < 1.29 is 9.53 Å². The van der Waals surface area contributed by atoms with Gasteiger partial charge >= 0.3 is 0 Å². The third kappa shape index (κ3) is 4.15. The van der Waals surface area contributed by atoms with Crippen LogP contribution in [0.25, 0.3) is 22.4 Å². The lowest BCUT2D eigenvalue weighted by Gasteiger charge is -2.14. The summed E-state index contributed by atoms with van der Waals surface area (Å²) in [5, 5.41) is 12.7. The topological polar surface area (TPSA) is 90.5 Å². The number of carbonyl (C=O) groups is 1. The van der Waals surface area contributed by atoms with Crippen molar-refractivity contribution in [1.29, 1.82) is 0 Å². The Morgan fingerprint density at radius 3 is 2.63 bits per heavy atom. The van der Waals surface area contributed by atoms with E-state index in [2.05, 4.69) is 15.5 Å². The molecule has 0 bridgehead atoms. The van der Waals surface area contributed by atoms with E-state index in [1.165, 1.54) is 11.8 Å². The molecule has 1 amide bonds. The van der Waals surface area contributed by atoms with Gasteiger partial charge in [0.15, 0.2) is 5.16 Å². The molecule has 2 aromatic heterocycles. The predicted octanol–water partition coefficient (Wildman–Crippen LogP) is 4.39. The Kier molecular flexibility index (Phi) is 6.00. The number of methoxy groups -OCH3 is 1. The quantitative estimate of drug-likeness (QED) is 0.359. The Balaban J connectivity index is 1.57. The molecule has 2 heterocycles. The number of nitrogens with zero attached hydrogens (tertiary/aromatic N) is 4. The number of fused-ring (bicyclic) bond motifs is 3. The zero-order valence-electron chi connectivity index (χ0n) is 19.5. The number of hydrogen-bond donors (Lipinski definition) is 1. The molecule has 0 aliphatic rings. The van der Waals surface area contributed by atoms with Crippen molar-refractivity contribution in [3.63, 3.8) is 0 Å². The Hall–Kier alpha value is -4.11. The van der Waals surface area contributed by atoms with Crippen LogP contribution < -0.4 is 15.6 Å². The van der Waals surface area contributed by atoms with Gasteiger partial charge in [-0.3, -0.25) is 14.0 Å². The summed E-state index contributed by atoms with van der Waals surface area (Å²) in [4.78, 5) is 26.2. The predicted molar refractivity (Wildman–Crippen MR) is 138 cm³/mol. The highest BCUT2D eigenvalue weighted by atomic mass is 32.2. The van der Waals surface area contributed by atoms with E-state index in [0.29, 0.717) is 33.3 Å². The minimum Gasteiger partial charge on any atom is -0.495 e. The molecular formula is C26H23N5O3S. The summed E-state index contributed by atoms with van der Waals surface area (Å²) >= 11 is 1.25. The Bertz CT molecular complexity index is 1640. The molecule has 9 heteroatoms. The van der Waals surface area contributed by atoms with E-state index in [4.69, 9.17) is 4.74 Å². The highest BCUT2D eigenvalue weighted by molar-refractivity contribution is 7.99. The normalized spacial score (nSPS) is 11.2. The summed E-state index contributed by atoms with van der Waals surface area (Å²) in [7, 11) is 1.56. The average Bonchev–Trinajstić information content (AvgIpc) is 3.29. The number of nitrogens with one attached hydrogen (secondary N) is 1. The van der Waals surface area contributed by atoms with Gasteiger partial charge in [-0.05, 0) is 55.3 Å². The molecule has 0 saturated carbocycles. The van der Waals surface area contributed by atoms with Gasteiger partial charge in [-0.1, -0.05) is 48.2 Å². The van der Waals surface area contributed by atoms with Gasteiger partial charge in [-0.15, -0.1) is 10.2 Å².